The lowest BCUT2D eigenvalue weighted by Gasteiger charge is -2.17. The summed E-state index contributed by atoms with van der Waals surface area (Å²) in [5.74, 6) is 0. The van der Waals surface area contributed by atoms with E-state index in [1.807, 2.05) is 13.8 Å². The van der Waals surface area contributed by atoms with Crippen molar-refractivity contribution >= 4 is 0 Å². The Labute approximate surface area is 84.3 Å². The van der Waals surface area contributed by atoms with E-state index in [0.717, 1.165) is 6.61 Å². The summed E-state index contributed by atoms with van der Waals surface area (Å²) in [6.07, 6.45) is 2.45. The summed E-state index contributed by atoms with van der Waals surface area (Å²) < 4.78 is 4.97. The summed E-state index contributed by atoms with van der Waals surface area (Å²) in [6, 6.07) is 0. The van der Waals surface area contributed by atoms with Gasteiger partial charge in [-0.1, -0.05) is 27.7 Å². The van der Waals surface area contributed by atoms with Gasteiger partial charge in [-0.05, 0) is 32.5 Å². The zero-order chi connectivity index (χ0) is 10.5. The number of rotatable bonds is 7. The van der Waals surface area contributed by atoms with Crippen LogP contribution in [0.4, 0.5) is 0 Å². The van der Waals surface area contributed by atoms with Crippen LogP contribution in [0.1, 0.15) is 40.5 Å². The van der Waals surface area contributed by atoms with E-state index in [0.29, 0.717) is 0 Å². The van der Waals surface area contributed by atoms with Gasteiger partial charge in [0.25, 0.3) is 0 Å². The van der Waals surface area contributed by atoms with Gasteiger partial charge in [-0.15, -0.1) is 0 Å². The number of ether oxygens (including phenoxy) is 1. The standard InChI is InChI=1S/C9H21NO.C2H6/c1-4-10(5-2)8-6-7-9-11-3;1-2/h4-9H2,1-3H3;1-2H3. The van der Waals surface area contributed by atoms with E-state index in [-0.39, 0.29) is 0 Å². The Morgan fingerprint density at radius 3 is 1.92 bits per heavy atom. The second-order valence-corrected chi connectivity index (χ2v) is 2.73. The number of nitrogens with zero attached hydrogens (tertiary/aromatic N) is 1. The number of hydrogen-bond acceptors (Lipinski definition) is 2. The first-order valence-electron chi connectivity index (χ1n) is 5.56. The molecule has 2 nitrogen and oxygen atoms in total. The molecule has 0 rings (SSSR count). The summed E-state index contributed by atoms with van der Waals surface area (Å²) in [6.45, 7) is 12.9. The Kier molecular flexibility index (Phi) is 17.1. The highest BCUT2D eigenvalue weighted by Gasteiger charge is 1.96. The third-order valence-electron chi connectivity index (χ3n) is 1.97. The zero-order valence-electron chi connectivity index (χ0n) is 10.1. The van der Waals surface area contributed by atoms with E-state index in [9.17, 15) is 0 Å². The molecule has 2 heteroatoms. The molecule has 0 N–H and O–H groups in total. The SMILES string of the molecule is CC.CCN(CC)CCCCOC. The lowest BCUT2D eigenvalue weighted by Crippen LogP contribution is -2.24. The Hall–Kier alpha value is -0.0800. The summed E-state index contributed by atoms with van der Waals surface area (Å²) in [4.78, 5) is 2.44. The van der Waals surface area contributed by atoms with E-state index >= 15 is 0 Å². The lowest BCUT2D eigenvalue weighted by molar-refractivity contribution is 0.185. The molecule has 0 radical (unpaired) electrons. The monoisotopic (exact) mass is 189 g/mol. The van der Waals surface area contributed by atoms with Crippen LogP contribution in [0, 0.1) is 0 Å². The molecule has 0 spiro atoms. The molecule has 0 aromatic heterocycles. The van der Waals surface area contributed by atoms with Gasteiger partial charge in [-0.25, -0.2) is 0 Å². The van der Waals surface area contributed by atoms with Crippen molar-refractivity contribution in [1.29, 1.82) is 0 Å². The molecule has 0 aromatic carbocycles. The molecule has 0 amide bonds. The third-order valence-corrected chi connectivity index (χ3v) is 1.97. The van der Waals surface area contributed by atoms with Gasteiger partial charge in [0.15, 0.2) is 0 Å². The summed E-state index contributed by atoms with van der Waals surface area (Å²) in [5, 5.41) is 0. The van der Waals surface area contributed by atoms with Crippen molar-refractivity contribution in [3.63, 3.8) is 0 Å². The fourth-order valence-electron chi connectivity index (χ4n) is 1.12. The molecule has 0 aliphatic rings. The highest BCUT2D eigenvalue weighted by Crippen LogP contribution is 1.94. The molecular weight excluding hydrogens is 162 g/mol. The Morgan fingerprint density at radius 1 is 1.00 bits per heavy atom. The first-order chi connectivity index (χ1) is 6.35. The van der Waals surface area contributed by atoms with Crippen molar-refractivity contribution in [2.45, 2.75) is 40.5 Å². The van der Waals surface area contributed by atoms with Gasteiger partial charge in [0, 0.05) is 13.7 Å². The minimum absolute atomic E-state index is 0.904. The molecule has 0 heterocycles. The van der Waals surface area contributed by atoms with Crippen LogP contribution in [0.25, 0.3) is 0 Å². The number of unbranched alkanes of at least 4 members (excludes halogenated alkanes) is 1. The first-order valence-corrected chi connectivity index (χ1v) is 5.56. The van der Waals surface area contributed by atoms with Gasteiger partial charge in [-0.2, -0.15) is 0 Å². The highest BCUT2D eigenvalue weighted by atomic mass is 16.5. The van der Waals surface area contributed by atoms with Crippen LogP contribution < -0.4 is 0 Å². The molecule has 0 atom stereocenters. The van der Waals surface area contributed by atoms with E-state index in [4.69, 9.17) is 4.74 Å². The molecule has 0 bridgehead atoms. The summed E-state index contributed by atoms with van der Waals surface area (Å²) >= 11 is 0. The quantitative estimate of drug-likeness (QED) is 0.571. The number of hydrogen-bond donors (Lipinski definition) is 0. The molecule has 0 fully saturated rings. The largest absolute Gasteiger partial charge is 0.385 e. The van der Waals surface area contributed by atoms with E-state index in [2.05, 4.69) is 18.7 Å². The maximum atomic E-state index is 4.97. The Bertz CT molecular complexity index is 72.5. The average molecular weight is 189 g/mol. The van der Waals surface area contributed by atoms with Crippen molar-refractivity contribution in [1.82, 2.24) is 4.90 Å². The molecule has 0 unspecified atom stereocenters. The van der Waals surface area contributed by atoms with Gasteiger partial charge >= 0.3 is 0 Å². The maximum absolute atomic E-state index is 4.97. The van der Waals surface area contributed by atoms with E-state index in [1.54, 1.807) is 7.11 Å². The van der Waals surface area contributed by atoms with Crippen molar-refractivity contribution < 1.29 is 4.74 Å². The van der Waals surface area contributed by atoms with Crippen LogP contribution in [0.15, 0.2) is 0 Å². The fraction of sp³-hybridized carbons (Fsp3) is 1.00. The second kappa shape index (κ2) is 14.4. The van der Waals surface area contributed by atoms with E-state index in [1.165, 1.54) is 32.5 Å². The molecule has 0 aliphatic heterocycles. The van der Waals surface area contributed by atoms with Gasteiger partial charge in [0.05, 0.1) is 0 Å². The van der Waals surface area contributed by atoms with Crippen molar-refractivity contribution in [2.75, 3.05) is 33.4 Å². The van der Waals surface area contributed by atoms with E-state index < -0.39 is 0 Å². The Morgan fingerprint density at radius 2 is 1.54 bits per heavy atom. The number of methoxy groups -OCH3 is 1. The average Bonchev–Trinajstić information content (AvgIpc) is 2.21. The molecule has 0 saturated heterocycles. The fourth-order valence-corrected chi connectivity index (χ4v) is 1.12. The van der Waals surface area contributed by atoms with Crippen LogP contribution >= 0.6 is 0 Å². The molecule has 0 aromatic rings. The Balaban J connectivity index is 0. The van der Waals surface area contributed by atoms with Crippen LogP contribution in [0.2, 0.25) is 0 Å². The maximum Gasteiger partial charge on any atom is 0.0462 e. The highest BCUT2D eigenvalue weighted by molar-refractivity contribution is 4.51. The topological polar surface area (TPSA) is 12.5 Å². The van der Waals surface area contributed by atoms with Crippen LogP contribution in [-0.4, -0.2) is 38.3 Å². The van der Waals surface area contributed by atoms with Crippen LogP contribution in [0.5, 0.6) is 0 Å². The molecule has 13 heavy (non-hydrogen) atoms. The molecule has 82 valence electrons. The van der Waals surface area contributed by atoms with Crippen molar-refractivity contribution in [3.8, 4) is 0 Å². The summed E-state index contributed by atoms with van der Waals surface area (Å²) in [7, 11) is 1.76. The van der Waals surface area contributed by atoms with Crippen molar-refractivity contribution in [3.05, 3.63) is 0 Å². The lowest BCUT2D eigenvalue weighted by atomic mass is 10.3. The predicted molar refractivity (Wildman–Crippen MR) is 60.2 cm³/mol. The summed E-state index contributed by atoms with van der Waals surface area (Å²) in [5.41, 5.74) is 0. The van der Waals surface area contributed by atoms with Gasteiger partial charge in [0.2, 0.25) is 0 Å². The molecular formula is C11H27NO. The second-order valence-electron chi connectivity index (χ2n) is 2.73. The third kappa shape index (κ3) is 11.9. The van der Waals surface area contributed by atoms with Crippen molar-refractivity contribution in [2.24, 2.45) is 0 Å². The molecule has 0 aliphatic carbocycles. The smallest absolute Gasteiger partial charge is 0.0462 e. The first kappa shape index (κ1) is 15.4. The molecule has 0 saturated carbocycles. The minimum atomic E-state index is 0.904. The van der Waals surface area contributed by atoms with Crippen LogP contribution in [0.3, 0.4) is 0 Å². The van der Waals surface area contributed by atoms with Gasteiger partial charge in [-0.3, -0.25) is 0 Å². The van der Waals surface area contributed by atoms with Gasteiger partial charge < -0.3 is 9.64 Å². The van der Waals surface area contributed by atoms with Gasteiger partial charge in [0.1, 0.15) is 0 Å². The minimum Gasteiger partial charge on any atom is -0.385 e. The normalized spacial score (nSPS) is 9.69. The predicted octanol–water partition coefficient (Wildman–Crippen LogP) is 2.78. The zero-order valence-corrected chi connectivity index (χ0v) is 10.1. The van der Waals surface area contributed by atoms with Crippen LogP contribution in [-0.2, 0) is 4.74 Å².